The maximum absolute atomic E-state index is 12.3. The van der Waals surface area contributed by atoms with E-state index >= 15 is 0 Å². The van der Waals surface area contributed by atoms with Crippen molar-refractivity contribution in [3.63, 3.8) is 0 Å². The number of hydrogen-bond donors (Lipinski definition) is 1. The fourth-order valence-corrected chi connectivity index (χ4v) is 2.31. The molecule has 0 amide bonds. The van der Waals surface area contributed by atoms with Crippen LogP contribution in [0.25, 0.3) is 0 Å². The van der Waals surface area contributed by atoms with Gasteiger partial charge in [0.05, 0.1) is 0 Å². The van der Waals surface area contributed by atoms with E-state index in [0.717, 1.165) is 30.6 Å². The van der Waals surface area contributed by atoms with Gasteiger partial charge in [-0.25, -0.2) is 0 Å². The van der Waals surface area contributed by atoms with Crippen molar-refractivity contribution in [3.8, 4) is 0 Å². The van der Waals surface area contributed by atoms with E-state index in [9.17, 15) is 4.79 Å². The third-order valence-corrected chi connectivity index (χ3v) is 3.21. The van der Waals surface area contributed by atoms with Crippen LogP contribution in [0.3, 0.4) is 0 Å². The van der Waals surface area contributed by atoms with Crippen molar-refractivity contribution in [3.05, 3.63) is 17.0 Å². The lowest BCUT2D eigenvalue weighted by atomic mass is 9.87. The molecule has 0 spiro atoms. The molecule has 17 heavy (non-hydrogen) atoms. The van der Waals surface area contributed by atoms with Gasteiger partial charge >= 0.3 is 0 Å². The number of carbonyl (C=O) groups excluding carboxylic acids is 1. The SMILES string of the molecule is CC(C)(C)C(=O)c1nn2c(c1CCO)CCC2. The molecule has 2 rings (SSSR count). The average Bonchev–Trinajstić information content (AvgIpc) is 2.78. The molecule has 0 aromatic carbocycles. The first-order chi connectivity index (χ1) is 7.95. The second-order valence-electron chi connectivity index (χ2n) is 5.65. The minimum absolute atomic E-state index is 0.0721. The van der Waals surface area contributed by atoms with Crippen LogP contribution in [-0.2, 0) is 19.4 Å². The molecule has 4 heteroatoms. The van der Waals surface area contributed by atoms with Crippen molar-refractivity contribution >= 4 is 5.78 Å². The van der Waals surface area contributed by atoms with Crippen molar-refractivity contribution in [2.45, 2.75) is 46.6 Å². The number of aliphatic hydroxyl groups is 1. The molecule has 2 heterocycles. The average molecular weight is 236 g/mol. The van der Waals surface area contributed by atoms with Gasteiger partial charge in [0.1, 0.15) is 5.69 Å². The first-order valence-electron chi connectivity index (χ1n) is 6.19. The van der Waals surface area contributed by atoms with Crippen LogP contribution in [0.15, 0.2) is 0 Å². The van der Waals surface area contributed by atoms with Gasteiger partial charge in [-0.2, -0.15) is 5.10 Å². The lowest BCUT2D eigenvalue weighted by Crippen LogP contribution is -2.22. The standard InChI is InChI=1S/C13H20N2O2/c1-13(2,3)12(17)11-9(6-8-16)10-5-4-7-15(10)14-11/h16H,4-8H2,1-3H3. The van der Waals surface area contributed by atoms with Crippen LogP contribution in [0.1, 0.15) is 48.9 Å². The highest BCUT2D eigenvalue weighted by atomic mass is 16.3. The van der Waals surface area contributed by atoms with Crippen LogP contribution >= 0.6 is 0 Å². The Morgan fingerprint density at radius 3 is 2.76 bits per heavy atom. The summed E-state index contributed by atoms with van der Waals surface area (Å²) in [5.41, 5.74) is 2.26. The smallest absolute Gasteiger partial charge is 0.188 e. The zero-order chi connectivity index (χ0) is 12.6. The normalized spacial score (nSPS) is 15.1. The number of rotatable bonds is 3. The zero-order valence-corrected chi connectivity index (χ0v) is 10.8. The van der Waals surface area contributed by atoms with Crippen molar-refractivity contribution in [1.82, 2.24) is 9.78 Å². The Morgan fingerprint density at radius 1 is 1.47 bits per heavy atom. The van der Waals surface area contributed by atoms with Crippen LogP contribution in [0.4, 0.5) is 0 Å². The zero-order valence-electron chi connectivity index (χ0n) is 10.8. The molecule has 4 nitrogen and oxygen atoms in total. The summed E-state index contributed by atoms with van der Waals surface area (Å²) in [7, 11) is 0. The largest absolute Gasteiger partial charge is 0.396 e. The summed E-state index contributed by atoms with van der Waals surface area (Å²) in [6, 6.07) is 0. The lowest BCUT2D eigenvalue weighted by Gasteiger charge is -2.15. The van der Waals surface area contributed by atoms with E-state index in [1.165, 1.54) is 0 Å². The van der Waals surface area contributed by atoms with Gasteiger partial charge in [0, 0.05) is 29.8 Å². The third-order valence-electron chi connectivity index (χ3n) is 3.21. The Balaban J connectivity index is 2.44. The van der Waals surface area contributed by atoms with E-state index < -0.39 is 5.41 Å². The van der Waals surface area contributed by atoms with Gasteiger partial charge in [0.25, 0.3) is 0 Å². The van der Waals surface area contributed by atoms with Crippen molar-refractivity contribution in [2.24, 2.45) is 5.41 Å². The summed E-state index contributed by atoms with van der Waals surface area (Å²) in [6.07, 6.45) is 2.59. The van der Waals surface area contributed by atoms with Gasteiger partial charge in [-0.3, -0.25) is 9.48 Å². The van der Waals surface area contributed by atoms with E-state index in [1.54, 1.807) is 0 Å². The fourth-order valence-electron chi connectivity index (χ4n) is 2.31. The molecule has 1 aliphatic heterocycles. The minimum Gasteiger partial charge on any atom is -0.396 e. The summed E-state index contributed by atoms with van der Waals surface area (Å²) in [6.45, 7) is 6.68. The Labute approximate surface area is 102 Å². The van der Waals surface area contributed by atoms with E-state index in [1.807, 2.05) is 25.5 Å². The third kappa shape index (κ3) is 2.14. The Bertz CT molecular complexity index is 441. The molecule has 1 N–H and O–H groups in total. The highest BCUT2D eigenvalue weighted by molar-refractivity contribution is 5.99. The second kappa shape index (κ2) is 4.26. The number of carbonyl (C=O) groups is 1. The summed E-state index contributed by atoms with van der Waals surface area (Å²) in [5, 5.41) is 13.6. The number of aromatic nitrogens is 2. The minimum atomic E-state index is -0.417. The Hall–Kier alpha value is -1.16. The summed E-state index contributed by atoms with van der Waals surface area (Å²) in [4.78, 5) is 12.3. The molecule has 0 bridgehead atoms. The van der Waals surface area contributed by atoms with Gasteiger partial charge in [0.2, 0.25) is 0 Å². The van der Waals surface area contributed by atoms with Crippen LogP contribution in [-0.4, -0.2) is 27.3 Å². The predicted octanol–water partition coefficient (Wildman–Crippen LogP) is 1.59. The summed E-state index contributed by atoms with van der Waals surface area (Å²) < 4.78 is 1.93. The molecule has 0 saturated carbocycles. The predicted molar refractivity (Wildman–Crippen MR) is 65.1 cm³/mol. The molecule has 0 unspecified atom stereocenters. The van der Waals surface area contributed by atoms with Crippen LogP contribution in [0.5, 0.6) is 0 Å². The number of aryl methyl sites for hydroxylation is 1. The molecule has 0 fully saturated rings. The first kappa shape index (κ1) is 12.3. The van der Waals surface area contributed by atoms with Crippen LogP contribution < -0.4 is 0 Å². The monoisotopic (exact) mass is 236 g/mol. The molecule has 0 aliphatic carbocycles. The molecule has 1 aromatic heterocycles. The molecule has 0 atom stereocenters. The van der Waals surface area contributed by atoms with Crippen LogP contribution in [0, 0.1) is 5.41 Å². The lowest BCUT2D eigenvalue weighted by molar-refractivity contribution is 0.0850. The van der Waals surface area contributed by atoms with Gasteiger partial charge in [-0.15, -0.1) is 0 Å². The van der Waals surface area contributed by atoms with E-state index in [-0.39, 0.29) is 12.4 Å². The number of hydrogen-bond acceptors (Lipinski definition) is 3. The van der Waals surface area contributed by atoms with Gasteiger partial charge in [-0.05, 0) is 19.3 Å². The van der Waals surface area contributed by atoms with Crippen molar-refractivity contribution in [1.29, 1.82) is 0 Å². The Kier molecular flexibility index (Phi) is 3.08. The highest BCUT2D eigenvalue weighted by Crippen LogP contribution is 2.28. The fraction of sp³-hybridized carbons (Fsp3) is 0.692. The molecule has 1 aromatic rings. The maximum atomic E-state index is 12.3. The van der Waals surface area contributed by atoms with Crippen molar-refractivity contribution in [2.75, 3.05) is 6.61 Å². The summed E-state index contributed by atoms with van der Waals surface area (Å²) >= 11 is 0. The van der Waals surface area contributed by atoms with Crippen LogP contribution in [0.2, 0.25) is 0 Å². The highest BCUT2D eigenvalue weighted by Gasteiger charge is 2.31. The molecule has 0 saturated heterocycles. The number of ketones is 1. The molecule has 94 valence electrons. The van der Waals surface area contributed by atoms with Gasteiger partial charge in [-0.1, -0.05) is 20.8 Å². The van der Waals surface area contributed by atoms with Gasteiger partial charge in [0.15, 0.2) is 5.78 Å². The van der Waals surface area contributed by atoms with Crippen molar-refractivity contribution < 1.29 is 9.90 Å². The first-order valence-corrected chi connectivity index (χ1v) is 6.19. The topological polar surface area (TPSA) is 55.1 Å². The molecular formula is C13H20N2O2. The number of fused-ring (bicyclic) bond motifs is 1. The Morgan fingerprint density at radius 2 is 2.18 bits per heavy atom. The molecule has 1 aliphatic rings. The molecule has 0 radical (unpaired) electrons. The molecular weight excluding hydrogens is 216 g/mol. The number of aliphatic hydroxyl groups excluding tert-OH is 1. The van der Waals surface area contributed by atoms with E-state index in [4.69, 9.17) is 5.11 Å². The number of nitrogens with zero attached hydrogens (tertiary/aromatic N) is 2. The van der Waals surface area contributed by atoms with Gasteiger partial charge < -0.3 is 5.11 Å². The summed E-state index contributed by atoms with van der Waals surface area (Å²) in [5.74, 6) is 0.0721. The maximum Gasteiger partial charge on any atom is 0.188 e. The van der Waals surface area contributed by atoms with E-state index in [2.05, 4.69) is 5.10 Å². The number of Topliss-reactive ketones (excluding diaryl/α,β-unsaturated/α-hetero) is 1. The second-order valence-corrected chi connectivity index (χ2v) is 5.65. The quantitative estimate of drug-likeness (QED) is 0.811. The van der Waals surface area contributed by atoms with E-state index in [0.29, 0.717) is 12.1 Å².